The summed E-state index contributed by atoms with van der Waals surface area (Å²) in [5, 5.41) is 8.62. The van der Waals surface area contributed by atoms with E-state index in [1.165, 1.54) is 0 Å². The molecule has 1 spiro atoms. The average molecular weight is 443 g/mol. The molecule has 1 aromatic carbocycles. The summed E-state index contributed by atoms with van der Waals surface area (Å²) in [7, 11) is 2.02. The van der Waals surface area contributed by atoms with Crippen LogP contribution < -0.4 is 4.90 Å². The predicted octanol–water partition coefficient (Wildman–Crippen LogP) is 2.27. The molecule has 0 unspecified atom stereocenters. The molecule has 3 aliphatic rings. The van der Waals surface area contributed by atoms with Crippen molar-refractivity contribution in [3.63, 3.8) is 0 Å². The molecule has 3 aliphatic heterocycles. The molecule has 7 nitrogen and oxygen atoms in total. The van der Waals surface area contributed by atoms with Gasteiger partial charge in [-0.1, -0.05) is 11.6 Å². The summed E-state index contributed by atoms with van der Waals surface area (Å²) in [4.78, 5) is 18.5. The van der Waals surface area contributed by atoms with Crippen LogP contribution in [0.4, 0.5) is 18.9 Å². The SMILES string of the molecule is C=N/N=C(/N1CC2(CN(C(=O)C(F)(F)F)C2)C1)N1CCN(C)Cc2cc(Cl)ccc21. The standard InChI is InChI=1S/C19H22ClF3N6O/c1-24-25-17(28-11-18(12-28)9-27(10-18)16(30)19(21,22)23)29-6-5-26(2)8-13-7-14(20)3-4-15(13)29/h3-4,7H,1,5-6,8-12H2,2H3/b25-17-. The maximum Gasteiger partial charge on any atom is 0.471 e. The van der Waals surface area contributed by atoms with E-state index in [2.05, 4.69) is 21.8 Å². The van der Waals surface area contributed by atoms with Crippen LogP contribution in [0, 0.1) is 5.41 Å². The average Bonchev–Trinajstić information content (AvgIpc) is 2.75. The molecule has 0 atom stereocenters. The second-order valence-corrected chi connectivity index (χ2v) is 8.66. The molecule has 1 aromatic rings. The Balaban J connectivity index is 1.50. The first kappa shape index (κ1) is 20.9. The van der Waals surface area contributed by atoms with Crippen molar-refractivity contribution >= 4 is 35.9 Å². The first-order chi connectivity index (χ1) is 14.1. The van der Waals surface area contributed by atoms with Crippen LogP contribution >= 0.6 is 11.6 Å². The Morgan fingerprint density at radius 3 is 2.47 bits per heavy atom. The number of hydrogen-bond acceptors (Lipinski definition) is 4. The number of guanidine groups is 1. The molecule has 2 saturated heterocycles. The van der Waals surface area contributed by atoms with Gasteiger partial charge in [-0.3, -0.25) is 4.79 Å². The van der Waals surface area contributed by atoms with E-state index in [0.29, 0.717) is 30.6 Å². The molecular weight excluding hydrogens is 421 g/mol. The molecule has 0 saturated carbocycles. The minimum Gasteiger partial charge on any atom is -0.339 e. The Bertz CT molecular complexity index is 891. The van der Waals surface area contributed by atoms with Gasteiger partial charge in [0.15, 0.2) is 0 Å². The van der Waals surface area contributed by atoms with E-state index in [1.807, 2.05) is 35.0 Å². The Hall–Kier alpha value is -2.33. The molecule has 4 rings (SSSR count). The van der Waals surface area contributed by atoms with Crippen LogP contribution in [0.2, 0.25) is 5.02 Å². The van der Waals surface area contributed by atoms with Crippen molar-refractivity contribution in [3.8, 4) is 0 Å². The zero-order valence-corrected chi connectivity index (χ0v) is 17.2. The smallest absolute Gasteiger partial charge is 0.339 e. The Kier molecular flexibility index (Phi) is 5.17. The minimum atomic E-state index is -4.83. The van der Waals surface area contributed by atoms with Crippen molar-refractivity contribution in [1.29, 1.82) is 0 Å². The van der Waals surface area contributed by atoms with Crippen LogP contribution in [0.25, 0.3) is 0 Å². The summed E-state index contributed by atoms with van der Waals surface area (Å²) in [6.45, 7) is 6.90. The third-order valence-corrected chi connectivity index (χ3v) is 6.03. The number of anilines is 1. The van der Waals surface area contributed by atoms with E-state index in [0.717, 1.165) is 29.2 Å². The van der Waals surface area contributed by atoms with Gasteiger partial charge in [-0.05, 0) is 30.8 Å². The lowest BCUT2D eigenvalue weighted by Crippen LogP contribution is -2.75. The number of likely N-dealkylation sites (tertiary alicyclic amines) is 2. The third kappa shape index (κ3) is 3.74. The van der Waals surface area contributed by atoms with Crippen molar-refractivity contribution in [2.45, 2.75) is 12.7 Å². The number of carbonyl (C=O) groups excluding carboxylic acids is 1. The second-order valence-electron chi connectivity index (χ2n) is 8.22. The number of nitrogens with zero attached hydrogens (tertiary/aromatic N) is 6. The van der Waals surface area contributed by atoms with Crippen molar-refractivity contribution in [3.05, 3.63) is 28.8 Å². The number of carbonyl (C=O) groups is 1. The summed E-state index contributed by atoms with van der Waals surface area (Å²) >= 11 is 6.18. The van der Waals surface area contributed by atoms with Crippen molar-refractivity contribution in [2.24, 2.45) is 15.6 Å². The summed E-state index contributed by atoms with van der Waals surface area (Å²) in [5.41, 5.74) is 1.70. The highest BCUT2D eigenvalue weighted by molar-refractivity contribution is 6.30. The fraction of sp³-hybridized carbons (Fsp3) is 0.526. The number of likely N-dealkylation sites (N-methyl/N-ethyl adjacent to an activating group) is 1. The molecule has 11 heteroatoms. The Morgan fingerprint density at radius 1 is 1.17 bits per heavy atom. The van der Waals surface area contributed by atoms with E-state index < -0.39 is 12.1 Å². The molecule has 0 radical (unpaired) electrons. The quantitative estimate of drug-likeness (QED) is 0.380. The topological polar surface area (TPSA) is 54.8 Å². The molecule has 3 heterocycles. The fourth-order valence-corrected chi connectivity index (χ4v) is 4.65. The van der Waals surface area contributed by atoms with E-state index in [9.17, 15) is 18.0 Å². The lowest BCUT2D eigenvalue weighted by atomic mass is 9.73. The maximum atomic E-state index is 12.6. The van der Waals surface area contributed by atoms with Gasteiger partial charge in [-0.2, -0.15) is 18.3 Å². The summed E-state index contributed by atoms with van der Waals surface area (Å²) in [6, 6.07) is 5.69. The zero-order valence-electron chi connectivity index (χ0n) is 16.5. The summed E-state index contributed by atoms with van der Waals surface area (Å²) in [5.74, 6) is -1.16. The molecule has 1 amide bonds. The highest BCUT2D eigenvalue weighted by atomic mass is 35.5. The first-order valence-electron chi connectivity index (χ1n) is 9.51. The number of rotatable bonds is 1. The number of hydrogen-bond donors (Lipinski definition) is 0. The minimum absolute atomic E-state index is 0.103. The van der Waals surface area contributed by atoms with Gasteiger partial charge in [0.1, 0.15) is 0 Å². The van der Waals surface area contributed by atoms with Crippen molar-refractivity contribution < 1.29 is 18.0 Å². The number of alkyl halides is 3. The van der Waals surface area contributed by atoms with E-state index in [-0.39, 0.29) is 18.5 Å². The van der Waals surface area contributed by atoms with Crippen molar-refractivity contribution in [2.75, 3.05) is 51.2 Å². The summed E-state index contributed by atoms with van der Waals surface area (Å²) < 4.78 is 37.9. The molecule has 0 aliphatic carbocycles. The highest BCUT2D eigenvalue weighted by Crippen LogP contribution is 2.42. The van der Waals surface area contributed by atoms with E-state index in [1.54, 1.807) is 0 Å². The van der Waals surface area contributed by atoms with Gasteiger partial charge in [0.2, 0.25) is 5.96 Å². The Morgan fingerprint density at radius 2 is 1.83 bits per heavy atom. The predicted molar refractivity (Wildman–Crippen MR) is 109 cm³/mol. The molecule has 162 valence electrons. The van der Waals surface area contributed by atoms with Crippen LogP contribution in [0.3, 0.4) is 0 Å². The zero-order chi connectivity index (χ0) is 21.7. The summed E-state index contributed by atoms with van der Waals surface area (Å²) in [6.07, 6.45) is -4.83. The van der Waals surface area contributed by atoms with Crippen LogP contribution in [0.5, 0.6) is 0 Å². The van der Waals surface area contributed by atoms with Crippen LogP contribution in [-0.2, 0) is 11.3 Å². The third-order valence-electron chi connectivity index (χ3n) is 5.80. The maximum absolute atomic E-state index is 12.6. The number of amides is 1. The van der Waals surface area contributed by atoms with Gasteiger partial charge in [0.05, 0.1) is 0 Å². The van der Waals surface area contributed by atoms with Crippen LogP contribution in [0.15, 0.2) is 28.4 Å². The van der Waals surface area contributed by atoms with Gasteiger partial charge < -0.3 is 19.6 Å². The normalized spacial score (nSPS) is 21.6. The van der Waals surface area contributed by atoms with Gasteiger partial charge in [0, 0.05) is 68.7 Å². The molecule has 30 heavy (non-hydrogen) atoms. The van der Waals surface area contributed by atoms with Crippen molar-refractivity contribution in [1.82, 2.24) is 14.7 Å². The first-order valence-corrected chi connectivity index (χ1v) is 9.89. The fourth-order valence-electron chi connectivity index (χ4n) is 4.46. The largest absolute Gasteiger partial charge is 0.471 e. The lowest BCUT2D eigenvalue weighted by molar-refractivity contribution is -0.202. The lowest BCUT2D eigenvalue weighted by Gasteiger charge is -2.61. The second kappa shape index (κ2) is 7.42. The molecule has 0 bridgehead atoms. The van der Waals surface area contributed by atoms with E-state index >= 15 is 0 Å². The molecule has 0 N–H and O–H groups in total. The molecule has 2 fully saturated rings. The number of fused-ring (bicyclic) bond motifs is 1. The molecular formula is C19H22ClF3N6O. The molecule has 0 aromatic heterocycles. The van der Waals surface area contributed by atoms with Crippen LogP contribution in [0.1, 0.15) is 5.56 Å². The highest BCUT2D eigenvalue weighted by Gasteiger charge is 2.58. The van der Waals surface area contributed by atoms with Gasteiger partial charge in [0.25, 0.3) is 0 Å². The Labute approximate surface area is 177 Å². The number of halogens is 4. The van der Waals surface area contributed by atoms with Gasteiger partial charge in [-0.25, -0.2) is 0 Å². The van der Waals surface area contributed by atoms with Gasteiger partial charge in [-0.15, -0.1) is 5.10 Å². The van der Waals surface area contributed by atoms with Crippen LogP contribution in [-0.4, -0.2) is 85.8 Å². The van der Waals surface area contributed by atoms with E-state index in [4.69, 9.17) is 11.6 Å². The monoisotopic (exact) mass is 442 g/mol. The number of benzene rings is 1. The van der Waals surface area contributed by atoms with Gasteiger partial charge >= 0.3 is 12.1 Å².